The summed E-state index contributed by atoms with van der Waals surface area (Å²) in [6.07, 6.45) is 0. The molecule has 0 aromatic heterocycles. The predicted octanol–water partition coefficient (Wildman–Crippen LogP) is 0.925. The molecule has 0 heterocycles. The Hall–Kier alpha value is 0.260. The summed E-state index contributed by atoms with van der Waals surface area (Å²) in [4.78, 5) is 0. The van der Waals surface area contributed by atoms with Gasteiger partial charge >= 0.3 is 0 Å². The van der Waals surface area contributed by atoms with Crippen LogP contribution in [0.4, 0.5) is 0 Å². The van der Waals surface area contributed by atoms with Crippen LogP contribution in [-0.2, 0) is 9.84 Å². The van der Waals surface area contributed by atoms with Gasteiger partial charge in [0.05, 0.1) is 17.1 Å². The SMILES string of the molecule is CC(C)(C)S(=O)(=O)CCSCCO. The van der Waals surface area contributed by atoms with E-state index < -0.39 is 14.6 Å². The second-order valence-electron chi connectivity index (χ2n) is 3.77. The molecule has 0 rings (SSSR count). The van der Waals surface area contributed by atoms with Crippen molar-refractivity contribution in [2.24, 2.45) is 0 Å². The van der Waals surface area contributed by atoms with Crippen molar-refractivity contribution in [2.75, 3.05) is 23.9 Å². The molecule has 0 aliphatic heterocycles. The number of sulfone groups is 1. The lowest BCUT2D eigenvalue weighted by Crippen LogP contribution is -2.31. The van der Waals surface area contributed by atoms with Gasteiger partial charge in [0.15, 0.2) is 9.84 Å². The third-order valence-corrected chi connectivity index (χ3v) is 5.50. The summed E-state index contributed by atoms with van der Waals surface area (Å²) in [7, 11) is -2.98. The van der Waals surface area contributed by atoms with Crippen LogP contribution in [0.1, 0.15) is 20.8 Å². The van der Waals surface area contributed by atoms with Crippen LogP contribution in [0.5, 0.6) is 0 Å². The number of thioether (sulfide) groups is 1. The number of hydrogen-bond donors (Lipinski definition) is 1. The van der Waals surface area contributed by atoms with Gasteiger partial charge in [-0.25, -0.2) is 8.42 Å². The Morgan fingerprint density at radius 2 is 1.77 bits per heavy atom. The molecule has 1 N–H and O–H groups in total. The highest BCUT2D eigenvalue weighted by atomic mass is 32.2. The van der Waals surface area contributed by atoms with Gasteiger partial charge in [0.2, 0.25) is 0 Å². The Kier molecular flexibility index (Phi) is 5.32. The van der Waals surface area contributed by atoms with E-state index in [9.17, 15) is 8.42 Å². The molecule has 0 aromatic carbocycles. The summed E-state index contributed by atoms with van der Waals surface area (Å²) in [5.41, 5.74) is 0. The molecule has 0 radical (unpaired) electrons. The summed E-state index contributed by atoms with van der Waals surface area (Å²) < 4.78 is 22.4. The van der Waals surface area contributed by atoms with Gasteiger partial charge in [0.25, 0.3) is 0 Å². The maximum Gasteiger partial charge on any atom is 0.155 e. The number of aliphatic hydroxyl groups excluding tert-OH is 1. The van der Waals surface area contributed by atoms with E-state index in [2.05, 4.69) is 0 Å². The molecule has 0 unspecified atom stereocenters. The second kappa shape index (κ2) is 5.22. The van der Waals surface area contributed by atoms with Crippen LogP contribution in [-0.4, -0.2) is 42.1 Å². The standard InChI is InChI=1S/C8H18O3S2/c1-8(2,3)13(10,11)7-6-12-5-4-9/h9H,4-7H2,1-3H3. The maximum absolute atomic E-state index is 11.5. The van der Waals surface area contributed by atoms with Gasteiger partial charge < -0.3 is 5.11 Å². The van der Waals surface area contributed by atoms with Crippen molar-refractivity contribution < 1.29 is 13.5 Å². The average Bonchev–Trinajstić information content (AvgIpc) is 1.96. The fourth-order valence-electron chi connectivity index (χ4n) is 0.641. The van der Waals surface area contributed by atoms with Crippen LogP contribution >= 0.6 is 11.8 Å². The highest BCUT2D eigenvalue weighted by molar-refractivity contribution is 8.00. The van der Waals surface area contributed by atoms with Crippen molar-refractivity contribution in [3.05, 3.63) is 0 Å². The fourth-order valence-corrected chi connectivity index (χ4v) is 2.94. The summed E-state index contributed by atoms with van der Waals surface area (Å²) in [6, 6.07) is 0. The Morgan fingerprint density at radius 3 is 2.15 bits per heavy atom. The zero-order valence-electron chi connectivity index (χ0n) is 8.41. The second-order valence-corrected chi connectivity index (χ2v) is 7.85. The van der Waals surface area contributed by atoms with Crippen molar-refractivity contribution in [3.63, 3.8) is 0 Å². The maximum atomic E-state index is 11.5. The van der Waals surface area contributed by atoms with E-state index in [0.717, 1.165) is 0 Å². The topological polar surface area (TPSA) is 54.4 Å². The number of aliphatic hydroxyl groups is 1. The van der Waals surface area contributed by atoms with Crippen LogP contribution in [0.3, 0.4) is 0 Å². The third kappa shape index (κ3) is 4.88. The number of hydrogen-bond acceptors (Lipinski definition) is 4. The molecular formula is C8H18O3S2. The third-order valence-electron chi connectivity index (χ3n) is 1.67. The van der Waals surface area contributed by atoms with Crippen LogP contribution in [0.15, 0.2) is 0 Å². The van der Waals surface area contributed by atoms with Crippen molar-refractivity contribution >= 4 is 21.6 Å². The van der Waals surface area contributed by atoms with Crippen LogP contribution in [0.25, 0.3) is 0 Å². The quantitative estimate of drug-likeness (QED) is 0.708. The van der Waals surface area contributed by atoms with E-state index in [4.69, 9.17) is 5.11 Å². The summed E-state index contributed by atoms with van der Waals surface area (Å²) in [6.45, 7) is 5.23. The molecule has 0 atom stereocenters. The van der Waals surface area contributed by atoms with Gasteiger partial charge in [-0.2, -0.15) is 11.8 Å². The molecule has 0 aliphatic carbocycles. The molecule has 80 valence electrons. The zero-order valence-corrected chi connectivity index (χ0v) is 10.0. The first-order valence-corrected chi connectivity index (χ1v) is 7.03. The summed E-state index contributed by atoms with van der Waals surface area (Å²) in [5.74, 6) is 1.38. The highest BCUT2D eigenvalue weighted by Gasteiger charge is 2.27. The molecule has 0 amide bonds. The number of rotatable bonds is 5. The molecule has 0 aromatic rings. The highest BCUT2D eigenvalue weighted by Crippen LogP contribution is 2.17. The lowest BCUT2D eigenvalue weighted by Gasteiger charge is -2.18. The molecule has 0 aliphatic rings. The lowest BCUT2D eigenvalue weighted by molar-refractivity contribution is 0.322. The minimum absolute atomic E-state index is 0.111. The average molecular weight is 226 g/mol. The van der Waals surface area contributed by atoms with Gasteiger partial charge in [-0.1, -0.05) is 0 Å². The van der Waals surface area contributed by atoms with Crippen molar-refractivity contribution in [2.45, 2.75) is 25.5 Å². The van der Waals surface area contributed by atoms with Gasteiger partial charge in [-0.15, -0.1) is 0 Å². The first-order chi connectivity index (χ1) is 5.81. The molecule has 3 nitrogen and oxygen atoms in total. The van der Waals surface area contributed by atoms with Crippen molar-refractivity contribution in [1.82, 2.24) is 0 Å². The van der Waals surface area contributed by atoms with Crippen LogP contribution < -0.4 is 0 Å². The van der Waals surface area contributed by atoms with E-state index in [1.165, 1.54) is 11.8 Å². The first kappa shape index (κ1) is 13.3. The fraction of sp³-hybridized carbons (Fsp3) is 1.00. The van der Waals surface area contributed by atoms with Gasteiger partial charge in [-0.3, -0.25) is 0 Å². The minimum atomic E-state index is -2.98. The monoisotopic (exact) mass is 226 g/mol. The molecule has 0 spiro atoms. The summed E-state index contributed by atoms with van der Waals surface area (Å²) >= 11 is 1.47. The van der Waals surface area contributed by atoms with Crippen molar-refractivity contribution in [1.29, 1.82) is 0 Å². The Morgan fingerprint density at radius 1 is 1.23 bits per heavy atom. The van der Waals surface area contributed by atoms with E-state index >= 15 is 0 Å². The molecular weight excluding hydrogens is 208 g/mol. The molecule has 0 saturated carbocycles. The van der Waals surface area contributed by atoms with E-state index in [1.807, 2.05) is 0 Å². The Bertz CT molecular complexity index is 226. The van der Waals surface area contributed by atoms with E-state index in [1.54, 1.807) is 20.8 Å². The predicted molar refractivity (Wildman–Crippen MR) is 58.0 cm³/mol. The Balaban J connectivity index is 3.92. The van der Waals surface area contributed by atoms with Crippen LogP contribution in [0.2, 0.25) is 0 Å². The zero-order chi connectivity index (χ0) is 10.5. The summed E-state index contributed by atoms with van der Waals surface area (Å²) in [5, 5.41) is 8.49. The first-order valence-electron chi connectivity index (χ1n) is 4.22. The van der Waals surface area contributed by atoms with Crippen molar-refractivity contribution in [3.8, 4) is 0 Å². The molecule has 5 heteroatoms. The van der Waals surface area contributed by atoms with Gasteiger partial charge in [0, 0.05) is 11.5 Å². The largest absolute Gasteiger partial charge is 0.396 e. The van der Waals surface area contributed by atoms with Gasteiger partial charge in [-0.05, 0) is 20.8 Å². The molecule has 0 fully saturated rings. The molecule has 0 saturated heterocycles. The van der Waals surface area contributed by atoms with E-state index in [0.29, 0.717) is 11.5 Å². The minimum Gasteiger partial charge on any atom is -0.396 e. The molecule has 13 heavy (non-hydrogen) atoms. The van der Waals surface area contributed by atoms with E-state index in [-0.39, 0.29) is 12.4 Å². The smallest absolute Gasteiger partial charge is 0.155 e. The van der Waals surface area contributed by atoms with Gasteiger partial charge in [0.1, 0.15) is 0 Å². The lowest BCUT2D eigenvalue weighted by atomic mass is 10.3. The Labute approximate surface area is 84.8 Å². The van der Waals surface area contributed by atoms with Crippen LogP contribution in [0, 0.1) is 0 Å². The normalized spacial score (nSPS) is 13.2. The molecule has 0 bridgehead atoms.